The van der Waals surface area contributed by atoms with Crippen LogP contribution in [0.15, 0.2) is 12.1 Å². The topological polar surface area (TPSA) is 59.2 Å². The summed E-state index contributed by atoms with van der Waals surface area (Å²) in [5.41, 5.74) is 1.99. The number of aromatic amines is 1. The summed E-state index contributed by atoms with van der Waals surface area (Å²) in [5.74, 6) is 2.46. The standard InChI is InChI=1S/C14H19N3O2/c1-14(4-5-15-8-14)13-16-9-6-11(18-2)12(19-3)7-10(9)17-13/h6-7,15H,4-5,8H2,1-3H3,(H,16,17). The van der Waals surface area contributed by atoms with Crippen LogP contribution in [0.25, 0.3) is 11.0 Å². The lowest BCUT2D eigenvalue weighted by molar-refractivity contribution is 0.356. The number of hydrogen-bond acceptors (Lipinski definition) is 4. The zero-order chi connectivity index (χ0) is 13.5. The van der Waals surface area contributed by atoms with E-state index in [9.17, 15) is 0 Å². The van der Waals surface area contributed by atoms with E-state index in [0.717, 1.165) is 42.1 Å². The van der Waals surface area contributed by atoms with Gasteiger partial charge in [0.1, 0.15) is 5.82 Å². The molecule has 2 aromatic rings. The van der Waals surface area contributed by atoms with Crippen LogP contribution in [0.3, 0.4) is 0 Å². The molecule has 3 rings (SSSR count). The summed E-state index contributed by atoms with van der Waals surface area (Å²) in [7, 11) is 3.28. The highest BCUT2D eigenvalue weighted by Gasteiger charge is 2.33. The highest BCUT2D eigenvalue weighted by molar-refractivity contribution is 5.80. The third-order valence-electron chi connectivity index (χ3n) is 3.93. The van der Waals surface area contributed by atoms with Gasteiger partial charge in [0.25, 0.3) is 0 Å². The molecular weight excluding hydrogens is 242 g/mol. The number of nitrogens with one attached hydrogen (secondary N) is 2. The fourth-order valence-corrected chi connectivity index (χ4v) is 2.64. The molecule has 19 heavy (non-hydrogen) atoms. The molecule has 1 aliphatic heterocycles. The van der Waals surface area contributed by atoms with E-state index in [4.69, 9.17) is 14.5 Å². The van der Waals surface area contributed by atoms with E-state index in [1.807, 2.05) is 12.1 Å². The number of fused-ring (bicyclic) bond motifs is 1. The van der Waals surface area contributed by atoms with Crippen LogP contribution < -0.4 is 14.8 Å². The van der Waals surface area contributed by atoms with Crippen molar-refractivity contribution >= 4 is 11.0 Å². The van der Waals surface area contributed by atoms with Crippen LogP contribution in [0.2, 0.25) is 0 Å². The van der Waals surface area contributed by atoms with E-state index in [2.05, 4.69) is 17.2 Å². The van der Waals surface area contributed by atoms with E-state index in [-0.39, 0.29) is 5.41 Å². The molecule has 1 atom stereocenters. The molecule has 1 unspecified atom stereocenters. The van der Waals surface area contributed by atoms with Crippen LogP contribution in [0, 0.1) is 0 Å². The van der Waals surface area contributed by atoms with Gasteiger partial charge in [0.2, 0.25) is 0 Å². The Kier molecular flexibility index (Phi) is 2.86. The van der Waals surface area contributed by atoms with Crippen LogP contribution in [-0.2, 0) is 5.41 Å². The van der Waals surface area contributed by atoms with E-state index < -0.39 is 0 Å². The van der Waals surface area contributed by atoms with Gasteiger partial charge in [-0.3, -0.25) is 0 Å². The molecule has 1 fully saturated rings. The Morgan fingerprint density at radius 2 is 1.95 bits per heavy atom. The molecule has 2 N–H and O–H groups in total. The van der Waals surface area contributed by atoms with Gasteiger partial charge in [0.05, 0.1) is 25.3 Å². The average molecular weight is 261 g/mol. The van der Waals surface area contributed by atoms with Gasteiger partial charge in [-0.1, -0.05) is 6.92 Å². The monoisotopic (exact) mass is 261 g/mol. The lowest BCUT2D eigenvalue weighted by Crippen LogP contribution is -2.26. The molecule has 0 bridgehead atoms. The van der Waals surface area contributed by atoms with Crippen molar-refractivity contribution in [2.45, 2.75) is 18.8 Å². The van der Waals surface area contributed by atoms with Gasteiger partial charge in [-0.05, 0) is 13.0 Å². The molecule has 0 amide bonds. The number of nitrogens with zero attached hydrogens (tertiary/aromatic N) is 1. The second-order valence-electron chi connectivity index (χ2n) is 5.30. The molecule has 0 spiro atoms. The number of H-pyrrole nitrogens is 1. The Labute approximate surface area is 112 Å². The van der Waals surface area contributed by atoms with E-state index in [0.29, 0.717) is 5.75 Å². The van der Waals surface area contributed by atoms with Crippen LogP contribution in [-0.4, -0.2) is 37.3 Å². The summed E-state index contributed by atoms with van der Waals surface area (Å²) < 4.78 is 10.6. The lowest BCUT2D eigenvalue weighted by atomic mass is 9.89. The van der Waals surface area contributed by atoms with Gasteiger partial charge >= 0.3 is 0 Å². The summed E-state index contributed by atoms with van der Waals surface area (Å²) in [5, 5.41) is 3.39. The van der Waals surface area contributed by atoms with Crippen molar-refractivity contribution < 1.29 is 9.47 Å². The SMILES string of the molecule is COc1cc2nc(C3(C)CCNC3)[nH]c2cc1OC. The minimum Gasteiger partial charge on any atom is -0.493 e. The largest absolute Gasteiger partial charge is 0.493 e. The van der Waals surface area contributed by atoms with Crippen molar-refractivity contribution in [3.63, 3.8) is 0 Å². The molecule has 2 heterocycles. The van der Waals surface area contributed by atoms with Gasteiger partial charge in [0.15, 0.2) is 11.5 Å². The molecule has 102 valence electrons. The molecule has 1 aliphatic rings. The zero-order valence-corrected chi connectivity index (χ0v) is 11.5. The quantitative estimate of drug-likeness (QED) is 0.885. The smallest absolute Gasteiger partial charge is 0.163 e. The predicted molar refractivity (Wildman–Crippen MR) is 74.0 cm³/mol. The van der Waals surface area contributed by atoms with Gasteiger partial charge in [0, 0.05) is 24.1 Å². The van der Waals surface area contributed by atoms with Crippen molar-refractivity contribution in [1.82, 2.24) is 15.3 Å². The minimum atomic E-state index is 0.0828. The fourth-order valence-electron chi connectivity index (χ4n) is 2.64. The van der Waals surface area contributed by atoms with Crippen LogP contribution in [0.4, 0.5) is 0 Å². The average Bonchev–Trinajstić information content (AvgIpc) is 3.03. The number of methoxy groups -OCH3 is 2. The zero-order valence-electron chi connectivity index (χ0n) is 11.5. The third kappa shape index (κ3) is 1.94. The highest BCUT2D eigenvalue weighted by Crippen LogP contribution is 2.34. The minimum absolute atomic E-state index is 0.0828. The molecule has 0 saturated carbocycles. The number of ether oxygens (including phenoxy) is 2. The number of rotatable bonds is 3. The molecule has 5 nitrogen and oxygen atoms in total. The van der Waals surface area contributed by atoms with Crippen molar-refractivity contribution in [2.24, 2.45) is 0 Å². The molecule has 0 radical (unpaired) electrons. The first-order valence-electron chi connectivity index (χ1n) is 6.49. The summed E-state index contributed by atoms with van der Waals surface area (Å²) in [6, 6.07) is 3.86. The lowest BCUT2D eigenvalue weighted by Gasteiger charge is -2.18. The maximum atomic E-state index is 5.32. The maximum absolute atomic E-state index is 5.32. The fraction of sp³-hybridized carbons (Fsp3) is 0.500. The Morgan fingerprint density at radius 1 is 1.21 bits per heavy atom. The van der Waals surface area contributed by atoms with E-state index in [1.54, 1.807) is 14.2 Å². The van der Waals surface area contributed by atoms with Gasteiger partial charge in [-0.2, -0.15) is 0 Å². The van der Waals surface area contributed by atoms with E-state index >= 15 is 0 Å². The highest BCUT2D eigenvalue weighted by atomic mass is 16.5. The molecule has 0 aliphatic carbocycles. The van der Waals surface area contributed by atoms with Gasteiger partial charge < -0.3 is 19.8 Å². The molecule has 1 aromatic heterocycles. The number of hydrogen-bond donors (Lipinski definition) is 2. The Hall–Kier alpha value is -1.75. The number of aromatic nitrogens is 2. The van der Waals surface area contributed by atoms with Crippen LogP contribution in [0.1, 0.15) is 19.2 Å². The second-order valence-corrected chi connectivity index (χ2v) is 5.30. The predicted octanol–water partition coefficient (Wildman–Crippen LogP) is 1.83. The Bertz CT molecular complexity index is 559. The molecule has 1 aromatic carbocycles. The molecular formula is C14H19N3O2. The van der Waals surface area contributed by atoms with Crippen LogP contribution in [0.5, 0.6) is 11.5 Å². The Morgan fingerprint density at radius 3 is 2.58 bits per heavy atom. The maximum Gasteiger partial charge on any atom is 0.163 e. The number of imidazole rings is 1. The van der Waals surface area contributed by atoms with Crippen molar-refractivity contribution in [2.75, 3.05) is 27.3 Å². The first-order chi connectivity index (χ1) is 9.16. The van der Waals surface area contributed by atoms with Crippen molar-refractivity contribution in [3.05, 3.63) is 18.0 Å². The molecule has 1 saturated heterocycles. The van der Waals surface area contributed by atoms with Gasteiger partial charge in [-0.15, -0.1) is 0 Å². The first kappa shape index (κ1) is 12.3. The second kappa shape index (κ2) is 4.42. The number of benzene rings is 1. The summed E-state index contributed by atoms with van der Waals surface area (Å²) in [6.45, 7) is 4.24. The summed E-state index contributed by atoms with van der Waals surface area (Å²) in [6.07, 6.45) is 1.10. The summed E-state index contributed by atoms with van der Waals surface area (Å²) in [4.78, 5) is 8.14. The van der Waals surface area contributed by atoms with Crippen LogP contribution >= 0.6 is 0 Å². The first-order valence-corrected chi connectivity index (χ1v) is 6.49. The van der Waals surface area contributed by atoms with Crippen molar-refractivity contribution in [1.29, 1.82) is 0 Å². The normalized spacial score (nSPS) is 22.9. The summed E-state index contributed by atoms with van der Waals surface area (Å²) >= 11 is 0. The van der Waals surface area contributed by atoms with Crippen molar-refractivity contribution in [3.8, 4) is 11.5 Å². The third-order valence-corrected chi connectivity index (χ3v) is 3.93. The Balaban J connectivity index is 2.10. The molecule has 5 heteroatoms. The van der Waals surface area contributed by atoms with Gasteiger partial charge in [-0.25, -0.2) is 4.98 Å². The van der Waals surface area contributed by atoms with E-state index in [1.165, 1.54) is 0 Å².